The molecule has 0 fully saturated rings. The molecule has 0 aliphatic rings. The molecule has 2 aromatic rings. The van der Waals surface area contributed by atoms with Crippen molar-refractivity contribution in [2.24, 2.45) is 0 Å². The van der Waals surface area contributed by atoms with Crippen molar-refractivity contribution in [1.29, 1.82) is 0 Å². The quantitative estimate of drug-likeness (QED) is 0.926. The number of hydrogen-bond acceptors (Lipinski definition) is 2. The topological polar surface area (TPSA) is 25.2 Å². The first-order chi connectivity index (χ1) is 7.70. The molecule has 2 rings (SSSR count). The molecule has 2 nitrogen and oxygen atoms in total. The molecule has 0 bridgehead atoms. The van der Waals surface area contributed by atoms with Crippen LogP contribution < -0.4 is 5.32 Å². The Hall–Kier alpha value is -1.06. The molecular formula is C13H14BrNO. The smallest absolute Gasteiger partial charge is 0.135 e. The summed E-state index contributed by atoms with van der Waals surface area (Å²) in [6.45, 7) is 2.83. The van der Waals surface area contributed by atoms with Gasteiger partial charge in [0, 0.05) is 10.0 Å². The number of halogens is 1. The fraction of sp³-hybridized carbons (Fsp3) is 0.231. The van der Waals surface area contributed by atoms with Crippen molar-refractivity contribution < 1.29 is 4.42 Å². The molecule has 1 aromatic carbocycles. The molecule has 1 N–H and O–H groups in total. The van der Waals surface area contributed by atoms with Crippen molar-refractivity contribution in [2.75, 3.05) is 7.05 Å². The highest BCUT2D eigenvalue weighted by Gasteiger charge is 2.08. The van der Waals surface area contributed by atoms with E-state index in [-0.39, 0.29) is 0 Å². The molecule has 0 aliphatic heterocycles. The average Bonchev–Trinajstić information content (AvgIpc) is 2.71. The van der Waals surface area contributed by atoms with E-state index in [2.05, 4.69) is 40.3 Å². The van der Waals surface area contributed by atoms with Gasteiger partial charge < -0.3 is 9.73 Å². The summed E-state index contributed by atoms with van der Waals surface area (Å²) in [5.74, 6) is 1.85. The fourth-order valence-corrected chi connectivity index (χ4v) is 2.06. The lowest BCUT2D eigenvalue weighted by Crippen LogP contribution is -2.03. The molecule has 1 aromatic heterocycles. The Balaban J connectivity index is 2.38. The Kier molecular flexibility index (Phi) is 3.46. The van der Waals surface area contributed by atoms with E-state index in [0.717, 1.165) is 28.1 Å². The van der Waals surface area contributed by atoms with Gasteiger partial charge in [-0.2, -0.15) is 0 Å². The lowest BCUT2D eigenvalue weighted by Gasteiger charge is -2.02. The lowest BCUT2D eigenvalue weighted by molar-refractivity contribution is 0.507. The van der Waals surface area contributed by atoms with Crippen molar-refractivity contribution in [1.82, 2.24) is 5.32 Å². The first kappa shape index (κ1) is 11.4. The van der Waals surface area contributed by atoms with Gasteiger partial charge in [-0.05, 0) is 38.2 Å². The van der Waals surface area contributed by atoms with E-state index in [1.807, 2.05) is 25.2 Å². The van der Waals surface area contributed by atoms with Crippen LogP contribution in [0.5, 0.6) is 0 Å². The summed E-state index contributed by atoms with van der Waals surface area (Å²) in [7, 11) is 1.91. The number of benzene rings is 1. The van der Waals surface area contributed by atoms with Crippen LogP contribution in [-0.2, 0) is 6.54 Å². The van der Waals surface area contributed by atoms with Gasteiger partial charge in [-0.3, -0.25) is 0 Å². The molecule has 0 saturated carbocycles. The number of hydrogen-bond donors (Lipinski definition) is 1. The summed E-state index contributed by atoms with van der Waals surface area (Å²) < 4.78 is 6.81. The summed E-state index contributed by atoms with van der Waals surface area (Å²) in [6.07, 6.45) is 0. The minimum Gasteiger partial charge on any atom is -0.460 e. The molecule has 84 valence electrons. The zero-order valence-electron chi connectivity index (χ0n) is 9.38. The Morgan fingerprint density at radius 2 is 2.06 bits per heavy atom. The summed E-state index contributed by atoms with van der Waals surface area (Å²) in [4.78, 5) is 0. The van der Waals surface area contributed by atoms with Crippen molar-refractivity contribution in [2.45, 2.75) is 13.5 Å². The highest BCUT2D eigenvalue weighted by atomic mass is 79.9. The predicted octanol–water partition coefficient (Wildman–Crippen LogP) is 3.74. The van der Waals surface area contributed by atoms with Crippen LogP contribution in [0.3, 0.4) is 0 Å². The van der Waals surface area contributed by atoms with Crippen LogP contribution in [0, 0.1) is 6.92 Å². The normalized spacial score (nSPS) is 10.7. The fourth-order valence-electron chi connectivity index (χ4n) is 1.62. The van der Waals surface area contributed by atoms with E-state index < -0.39 is 0 Å². The molecule has 0 aliphatic carbocycles. The van der Waals surface area contributed by atoms with E-state index in [1.165, 1.54) is 5.56 Å². The van der Waals surface area contributed by atoms with Gasteiger partial charge in [0.15, 0.2) is 0 Å². The first-order valence-corrected chi connectivity index (χ1v) is 6.00. The molecule has 0 amide bonds. The summed E-state index contributed by atoms with van der Waals surface area (Å²) >= 11 is 3.54. The standard InChI is InChI=1S/C13H14BrNO/c1-9-3-5-12(14)11(7-9)13-6-4-10(16-13)8-15-2/h3-7,15H,8H2,1-2H3. The van der Waals surface area contributed by atoms with Gasteiger partial charge in [-0.1, -0.05) is 27.6 Å². The van der Waals surface area contributed by atoms with Crippen LogP contribution >= 0.6 is 15.9 Å². The van der Waals surface area contributed by atoms with Gasteiger partial charge in [-0.25, -0.2) is 0 Å². The lowest BCUT2D eigenvalue weighted by atomic mass is 10.1. The zero-order chi connectivity index (χ0) is 11.5. The number of aryl methyl sites for hydroxylation is 1. The largest absolute Gasteiger partial charge is 0.460 e. The molecule has 16 heavy (non-hydrogen) atoms. The number of furan rings is 1. The van der Waals surface area contributed by atoms with Crippen LogP contribution in [0.2, 0.25) is 0 Å². The van der Waals surface area contributed by atoms with E-state index in [0.29, 0.717) is 0 Å². The minimum absolute atomic E-state index is 0.753. The highest BCUT2D eigenvalue weighted by Crippen LogP contribution is 2.30. The monoisotopic (exact) mass is 279 g/mol. The maximum absolute atomic E-state index is 5.75. The third-order valence-corrected chi connectivity index (χ3v) is 3.09. The third kappa shape index (κ3) is 2.36. The number of rotatable bonds is 3. The molecule has 0 saturated heterocycles. The molecule has 3 heteroatoms. The van der Waals surface area contributed by atoms with E-state index in [4.69, 9.17) is 4.42 Å². The number of nitrogens with one attached hydrogen (secondary N) is 1. The summed E-state index contributed by atoms with van der Waals surface area (Å²) in [6, 6.07) is 10.2. The van der Waals surface area contributed by atoms with Crippen LogP contribution in [0.25, 0.3) is 11.3 Å². The molecular weight excluding hydrogens is 266 g/mol. The Morgan fingerprint density at radius 1 is 1.25 bits per heavy atom. The average molecular weight is 280 g/mol. The zero-order valence-corrected chi connectivity index (χ0v) is 11.0. The van der Waals surface area contributed by atoms with Gasteiger partial charge >= 0.3 is 0 Å². The molecule has 0 unspecified atom stereocenters. The molecule has 0 spiro atoms. The second-order valence-electron chi connectivity index (χ2n) is 3.78. The van der Waals surface area contributed by atoms with Crippen molar-refractivity contribution in [3.05, 3.63) is 46.1 Å². The van der Waals surface area contributed by atoms with Crippen molar-refractivity contribution in [3.63, 3.8) is 0 Å². The predicted molar refractivity (Wildman–Crippen MR) is 69.3 cm³/mol. The second kappa shape index (κ2) is 4.85. The van der Waals surface area contributed by atoms with Crippen LogP contribution in [-0.4, -0.2) is 7.05 Å². The van der Waals surface area contributed by atoms with Crippen LogP contribution in [0.4, 0.5) is 0 Å². The van der Waals surface area contributed by atoms with Gasteiger partial charge in [-0.15, -0.1) is 0 Å². The van der Waals surface area contributed by atoms with E-state index in [1.54, 1.807) is 0 Å². The Bertz CT molecular complexity index is 490. The Morgan fingerprint density at radius 3 is 2.81 bits per heavy atom. The van der Waals surface area contributed by atoms with E-state index in [9.17, 15) is 0 Å². The summed E-state index contributed by atoms with van der Waals surface area (Å²) in [5, 5.41) is 3.07. The maximum Gasteiger partial charge on any atom is 0.135 e. The van der Waals surface area contributed by atoms with Crippen molar-refractivity contribution in [3.8, 4) is 11.3 Å². The second-order valence-corrected chi connectivity index (χ2v) is 4.63. The third-order valence-electron chi connectivity index (χ3n) is 2.40. The first-order valence-electron chi connectivity index (χ1n) is 5.20. The van der Waals surface area contributed by atoms with Crippen LogP contribution in [0.1, 0.15) is 11.3 Å². The molecule has 1 heterocycles. The highest BCUT2D eigenvalue weighted by molar-refractivity contribution is 9.10. The maximum atomic E-state index is 5.75. The molecule has 0 atom stereocenters. The summed E-state index contributed by atoms with van der Waals surface area (Å²) in [5.41, 5.74) is 2.33. The van der Waals surface area contributed by atoms with Gasteiger partial charge in [0.05, 0.1) is 6.54 Å². The van der Waals surface area contributed by atoms with Crippen LogP contribution in [0.15, 0.2) is 39.2 Å². The van der Waals surface area contributed by atoms with Gasteiger partial charge in [0.2, 0.25) is 0 Å². The Labute approximate surface area is 104 Å². The SMILES string of the molecule is CNCc1ccc(-c2cc(C)ccc2Br)o1. The van der Waals surface area contributed by atoms with Gasteiger partial charge in [0.1, 0.15) is 11.5 Å². The van der Waals surface area contributed by atoms with Gasteiger partial charge in [0.25, 0.3) is 0 Å². The van der Waals surface area contributed by atoms with E-state index >= 15 is 0 Å². The van der Waals surface area contributed by atoms with Crippen molar-refractivity contribution >= 4 is 15.9 Å². The molecule has 0 radical (unpaired) electrons. The minimum atomic E-state index is 0.753.